The predicted molar refractivity (Wildman–Crippen MR) is 111 cm³/mol. The van der Waals surface area contributed by atoms with Crippen molar-refractivity contribution >= 4 is 28.4 Å². The molecule has 0 aliphatic rings. The fraction of sp³-hybridized carbons (Fsp3) is 0.286. The first kappa shape index (κ1) is 20.0. The van der Waals surface area contributed by atoms with Crippen LogP contribution in [0.2, 0.25) is 5.02 Å². The molecule has 3 aromatic rings. The van der Waals surface area contributed by atoms with Crippen LogP contribution in [-0.2, 0) is 11.3 Å². The summed E-state index contributed by atoms with van der Waals surface area (Å²) in [5.41, 5.74) is 1.38. The number of H-pyrrole nitrogens is 1. The van der Waals surface area contributed by atoms with Crippen molar-refractivity contribution in [1.82, 2.24) is 20.2 Å². The summed E-state index contributed by atoms with van der Waals surface area (Å²) in [7, 11) is 0. The van der Waals surface area contributed by atoms with Crippen LogP contribution in [0.5, 0.6) is 0 Å². The summed E-state index contributed by atoms with van der Waals surface area (Å²) in [6, 6.07) is 14.7. The molecule has 6 nitrogen and oxygen atoms in total. The molecule has 0 spiro atoms. The molecule has 28 heavy (non-hydrogen) atoms. The van der Waals surface area contributed by atoms with Gasteiger partial charge in [-0.25, -0.2) is 4.98 Å². The number of likely N-dealkylation sites (N-methyl/N-ethyl adjacent to an activating group) is 1. The average molecular weight is 399 g/mol. The highest BCUT2D eigenvalue weighted by Gasteiger charge is 2.15. The lowest BCUT2D eigenvalue weighted by atomic mass is 10.1. The zero-order chi connectivity index (χ0) is 20.1. The minimum absolute atomic E-state index is 0.0758. The van der Waals surface area contributed by atoms with Crippen LogP contribution in [0.25, 0.3) is 10.9 Å². The molecule has 1 amide bonds. The number of benzene rings is 2. The van der Waals surface area contributed by atoms with Gasteiger partial charge < -0.3 is 10.3 Å². The third-order valence-electron chi connectivity index (χ3n) is 4.58. The molecule has 3 rings (SSSR count). The molecule has 2 N–H and O–H groups in total. The molecule has 2 aromatic carbocycles. The number of hydrogen-bond acceptors (Lipinski definition) is 4. The topological polar surface area (TPSA) is 78.1 Å². The Kier molecular flexibility index (Phi) is 6.44. The highest BCUT2D eigenvalue weighted by molar-refractivity contribution is 6.31. The molecule has 1 atom stereocenters. The quantitative estimate of drug-likeness (QED) is 0.640. The molecule has 1 aromatic heterocycles. The van der Waals surface area contributed by atoms with E-state index in [-0.39, 0.29) is 24.1 Å². The second-order valence-electron chi connectivity index (χ2n) is 6.68. The number of carbonyl (C=O) groups excluding carboxylic acids is 1. The van der Waals surface area contributed by atoms with Gasteiger partial charge in [0.05, 0.1) is 30.0 Å². The molecule has 0 saturated heterocycles. The van der Waals surface area contributed by atoms with E-state index in [4.69, 9.17) is 11.6 Å². The molecular formula is C21H23ClN4O2. The Morgan fingerprint density at radius 3 is 2.71 bits per heavy atom. The highest BCUT2D eigenvalue weighted by Crippen LogP contribution is 2.15. The van der Waals surface area contributed by atoms with E-state index >= 15 is 0 Å². The summed E-state index contributed by atoms with van der Waals surface area (Å²) < 4.78 is 0. The van der Waals surface area contributed by atoms with Crippen molar-refractivity contribution in [2.45, 2.75) is 26.4 Å². The largest absolute Gasteiger partial charge is 0.348 e. The van der Waals surface area contributed by atoms with Crippen LogP contribution in [0.1, 0.15) is 31.3 Å². The Balaban J connectivity index is 1.68. The summed E-state index contributed by atoms with van der Waals surface area (Å²) in [5, 5.41) is 4.02. The summed E-state index contributed by atoms with van der Waals surface area (Å²) in [4.78, 5) is 33.9. The van der Waals surface area contributed by atoms with Gasteiger partial charge in [0, 0.05) is 5.02 Å². The molecule has 0 aliphatic carbocycles. The third kappa shape index (κ3) is 4.97. The highest BCUT2D eigenvalue weighted by atomic mass is 35.5. The van der Waals surface area contributed by atoms with Crippen molar-refractivity contribution in [2.75, 3.05) is 13.1 Å². The lowest BCUT2D eigenvalue weighted by Crippen LogP contribution is -2.38. The standard InChI is InChI=1S/C21H23ClN4O2/c1-3-26(13-20(27)23-14(2)15-7-5-4-6-8-15)12-19-24-18-11-16(22)9-10-17(18)21(28)25-19/h4-11,14H,3,12-13H2,1-2H3,(H,23,27)(H,24,25,28). The van der Waals surface area contributed by atoms with Crippen molar-refractivity contribution in [2.24, 2.45) is 0 Å². The number of carbonyl (C=O) groups is 1. The first-order valence-electron chi connectivity index (χ1n) is 9.21. The molecule has 0 bridgehead atoms. The Bertz CT molecular complexity index is 1020. The van der Waals surface area contributed by atoms with Crippen LogP contribution in [0.4, 0.5) is 0 Å². The van der Waals surface area contributed by atoms with Crippen molar-refractivity contribution in [3.8, 4) is 0 Å². The van der Waals surface area contributed by atoms with Gasteiger partial charge in [0.15, 0.2) is 0 Å². The SMILES string of the molecule is CCN(CC(=O)NC(C)c1ccccc1)Cc1nc2cc(Cl)ccc2c(=O)[nH]1. The number of halogens is 1. The fourth-order valence-corrected chi connectivity index (χ4v) is 3.21. The minimum atomic E-state index is -0.213. The van der Waals surface area contributed by atoms with E-state index < -0.39 is 0 Å². The van der Waals surface area contributed by atoms with Gasteiger partial charge >= 0.3 is 0 Å². The lowest BCUT2D eigenvalue weighted by molar-refractivity contribution is -0.123. The molecule has 1 unspecified atom stereocenters. The van der Waals surface area contributed by atoms with E-state index in [0.29, 0.717) is 34.8 Å². The summed E-state index contributed by atoms with van der Waals surface area (Å²) in [6.45, 7) is 5.14. The summed E-state index contributed by atoms with van der Waals surface area (Å²) in [6.07, 6.45) is 0. The average Bonchev–Trinajstić information content (AvgIpc) is 2.67. The number of aromatic nitrogens is 2. The molecule has 0 radical (unpaired) electrons. The molecule has 0 saturated carbocycles. The molecular weight excluding hydrogens is 376 g/mol. The van der Waals surface area contributed by atoms with Crippen molar-refractivity contribution < 1.29 is 4.79 Å². The number of hydrogen-bond donors (Lipinski definition) is 2. The number of nitrogens with zero attached hydrogens (tertiary/aromatic N) is 2. The number of aromatic amines is 1. The lowest BCUT2D eigenvalue weighted by Gasteiger charge is -2.21. The molecule has 0 aliphatic heterocycles. The van der Waals surface area contributed by atoms with Gasteiger partial charge in [-0.05, 0) is 37.2 Å². The Morgan fingerprint density at radius 1 is 1.25 bits per heavy atom. The molecule has 1 heterocycles. The zero-order valence-corrected chi connectivity index (χ0v) is 16.7. The Labute approximate surface area is 168 Å². The van der Waals surface area contributed by atoms with Crippen LogP contribution in [0.3, 0.4) is 0 Å². The van der Waals surface area contributed by atoms with Crippen molar-refractivity contribution in [1.29, 1.82) is 0 Å². The summed E-state index contributed by atoms with van der Waals surface area (Å²) >= 11 is 6.01. The van der Waals surface area contributed by atoms with Gasteiger partial charge in [0.25, 0.3) is 5.56 Å². The summed E-state index contributed by atoms with van der Waals surface area (Å²) in [5.74, 6) is 0.426. The first-order chi connectivity index (χ1) is 13.5. The van der Waals surface area contributed by atoms with Gasteiger partial charge in [-0.1, -0.05) is 48.9 Å². The number of nitrogens with one attached hydrogen (secondary N) is 2. The molecule has 0 fully saturated rings. The minimum Gasteiger partial charge on any atom is -0.348 e. The van der Waals surface area contributed by atoms with E-state index in [1.807, 2.05) is 49.1 Å². The monoisotopic (exact) mass is 398 g/mol. The molecule has 146 valence electrons. The number of fused-ring (bicyclic) bond motifs is 1. The van der Waals surface area contributed by atoms with Gasteiger partial charge in [-0.3, -0.25) is 14.5 Å². The number of amides is 1. The van der Waals surface area contributed by atoms with Gasteiger partial charge in [-0.2, -0.15) is 0 Å². The Hall–Kier alpha value is -2.70. The van der Waals surface area contributed by atoms with Crippen LogP contribution in [-0.4, -0.2) is 33.9 Å². The number of rotatable bonds is 7. The first-order valence-corrected chi connectivity index (χ1v) is 9.59. The van der Waals surface area contributed by atoms with E-state index in [0.717, 1.165) is 5.56 Å². The normalized spacial score (nSPS) is 12.3. The third-order valence-corrected chi connectivity index (χ3v) is 4.82. The zero-order valence-electron chi connectivity index (χ0n) is 15.9. The second kappa shape index (κ2) is 8.99. The van der Waals surface area contributed by atoms with E-state index in [1.165, 1.54) is 0 Å². The van der Waals surface area contributed by atoms with E-state index in [9.17, 15) is 9.59 Å². The van der Waals surface area contributed by atoms with Gasteiger partial charge in [0.1, 0.15) is 5.82 Å². The van der Waals surface area contributed by atoms with Crippen LogP contribution in [0.15, 0.2) is 53.3 Å². The maximum Gasteiger partial charge on any atom is 0.258 e. The molecule has 7 heteroatoms. The second-order valence-corrected chi connectivity index (χ2v) is 7.11. The fourth-order valence-electron chi connectivity index (χ4n) is 3.04. The van der Waals surface area contributed by atoms with Crippen LogP contribution < -0.4 is 10.9 Å². The van der Waals surface area contributed by atoms with E-state index in [1.54, 1.807) is 18.2 Å². The van der Waals surface area contributed by atoms with Crippen molar-refractivity contribution in [3.63, 3.8) is 0 Å². The van der Waals surface area contributed by atoms with Crippen LogP contribution >= 0.6 is 11.6 Å². The van der Waals surface area contributed by atoms with Gasteiger partial charge in [0.2, 0.25) is 5.91 Å². The van der Waals surface area contributed by atoms with Crippen molar-refractivity contribution in [3.05, 3.63) is 75.3 Å². The van der Waals surface area contributed by atoms with Crippen LogP contribution in [0, 0.1) is 0 Å². The van der Waals surface area contributed by atoms with E-state index in [2.05, 4.69) is 15.3 Å². The predicted octanol–water partition coefficient (Wildman–Crippen LogP) is 3.28. The maximum absolute atomic E-state index is 12.4. The van der Waals surface area contributed by atoms with Gasteiger partial charge in [-0.15, -0.1) is 0 Å². The maximum atomic E-state index is 12.4. The smallest absolute Gasteiger partial charge is 0.258 e. The Morgan fingerprint density at radius 2 is 2.00 bits per heavy atom.